The molecule has 2 N–H and O–H groups in total. The van der Waals surface area contributed by atoms with E-state index in [1.807, 2.05) is 80.7 Å². The lowest BCUT2D eigenvalue weighted by Gasteiger charge is -2.15. The molecule has 0 aromatic heterocycles. The van der Waals surface area contributed by atoms with Crippen molar-refractivity contribution in [2.75, 3.05) is 13.7 Å². The van der Waals surface area contributed by atoms with Crippen LogP contribution in [0.2, 0.25) is 0 Å². The Kier molecular flexibility index (Phi) is 6.92. The van der Waals surface area contributed by atoms with Crippen LogP contribution < -0.4 is 20.2 Å². The standard InChI is InChI=1S/C27H27N3O4/c1-4-34-23-12-8-19(9-13-23)17-30-25(20-10-14-22(33-3)15-11-20)24(27(32)29-30)28-26(31)21-7-5-6-18(2)16-21/h5-17,24-25H,4H2,1-3H3,(H-,28,29,31,32)/p+1/b30-17-/t24-,25+/m0/s1. The third kappa shape index (κ3) is 5.09. The van der Waals surface area contributed by atoms with E-state index in [-0.39, 0.29) is 11.8 Å². The summed E-state index contributed by atoms with van der Waals surface area (Å²) in [5.41, 5.74) is 6.12. The third-order valence-corrected chi connectivity index (χ3v) is 5.64. The highest BCUT2D eigenvalue weighted by Gasteiger charge is 2.47. The number of ether oxygens (including phenoxy) is 2. The Labute approximate surface area is 199 Å². The summed E-state index contributed by atoms with van der Waals surface area (Å²) in [6.07, 6.45) is 1.85. The van der Waals surface area contributed by atoms with Gasteiger partial charge in [0.15, 0.2) is 6.04 Å². The Bertz CT molecular complexity index is 1200. The summed E-state index contributed by atoms with van der Waals surface area (Å²) in [6, 6.07) is 21.1. The number of nitrogens with zero attached hydrogens (tertiary/aromatic N) is 1. The van der Waals surface area contributed by atoms with Gasteiger partial charge in [0.2, 0.25) is 12.3 Å². The van der Waals surface area contributed by atoms with E-state index in [4.69, 9.17) is 9.47 Å². The highest BCUT2D eigenvalue weighted by molar-refractivity contribution is 5.98. The van der Waals surface area contributed by atoms with Crippen LogP contribution in [0.15, 0.2) is 72.8 Å². The molecule has 2 amide bonds. The molecule has 1 aliphatic heterocycles. The normalized spacial score (nSPS) is 18.4. The molecule has 7 heteroatoms. The van der Waals surface area contributed by atoms with Crippen LogP contribution in [0.25, 0.3) is 0 Å². The SMILES string of the molecule is CCOc1ccc(/C=[N+]2\NC(=O)[C@@H](NC(=O)c3cccc(C)c3)[C@H]2c2ccc(OC)cc2)cc1. The number of hydrazine groups is 1. The summed E-state index contributed by atoms with van der Waals surface area (Å²) in [5.74, 6) is 0.901. The van der Waals surface area contributed by atoms with Crippen LogP contribution in [0.5, 0.6) is 11.5 Å². The van der Waals surface area contributed by atoms with Gasteiger partial charge in [-0.15, -0.1) is 10.1 Å². The van der Waals surface area contributed by atoms with Crippen molar-refractivity contribution >= 4 is 18.0 Å². The zero-order chi connectivity index (χ0) is 24.1. The number of hydrogen-bond acceptors (Lipinski definition) is 4. The molecule has 7 nitrogen and oxygen atoms in total. The first-order valence-corrected chi connectivity index (χ1v) is 11.2. The van der Waals surface area contributed by atoms with E-state index < -0.39 is 12.1 Å². The minimum Gasteiger partial charge on any atom is -0.497 e. The molecule has 0 bridgehead atoms. The van der Waals surface area contributed by atoms with Gasteiger partial charge in [-0.25, -0.2) is 0 Å². The fourth-order valence-corrected chi connectivity index (χ4v) is 3.97. The number of benzene rings is 3. The average Bonchev–Trinajstić information content (AvgIpc) is 3.14. The van der Waals surface area contributed by atoms with Gasteiger partial charge in [-0.05, 0) is 74.5 Å². The second-order valence-corrected chi connectivity index (χ2v) is 8.05. The van der Waals surface area contributed by atoms with Crippen molar-refractivity contribution < 1.29 is 23.7 Å². The summed E-state index contributed by atoms with van der Waals surface area (Å²) in [5, 5.41) is 2.93. The highest BCUT2D eigenvalue weighted by atomic mass is 16.5. The Morgan fingerprint density at radius 3 is 2.41 bits per heavy atom. The lowest BCUT2D eigenvalue weighted by molar-refractivity contribution is -0.596. The van der Waals surface area contributed by atoms with E-state index in [2.05, 4.69) is 10.7 Å². The lowest BCUT2D eigenvalue weighted by atomic mass is 9.99. The quantitative estimate of drug-likeness (QED) is 0.532. The first-order chi connectivity index (χ1) is 16.5. The number of aryl methyl sites for hydroxylation is 1. The molecule has 3 aromatic rings. The van der Waals surface area contributed by atoms with Crippen LogP contribution in [0.1, 0.15) is 40.0 Å². The maximum atomic E-state index is 13.0. The number of hydrazone groups is 1. The first-order valence-electron chi connectivity index (χ1n) is 11.2. The summed E-state index contributed by atoms with van der Waals surface area (Å²) in [7, 11) is 1.60. The van der Waals surface area contributed by atoms with Crippen LogP contribution in [-0.4, -0.2) is 42.5 Å². The zero-order valence-electron chi connectivity index (χ0n) is 19.4. The molecule has 0 radical (unpaired) electrons. The number of nitrogens with one attached hydrogen (secondary N) is 2. The molecule has 1 saturated heterocycles. The van der Waals surface area contributed by atoms with Crippen LogP contribution in [0.3, 0.4) is 0 Å². The Morgan fingerprint density at radius 1 is 1.06 bits per heavy atom. The summed E-state index contributed by atoms with van der Waals surface area (Å²) < 4.78 is 12.5. The van der Waals surface area contributed by atoms with Gasteiger partial charge in [0.25, 0.3) is 5.91 Å². The third-order valence-electron chi connectivity index (χ3n) is 5.64. The van der Waals surface area contributed by atoms with Crippen molar-refractivity contribution in [3.63, 3.8) is 0 Å². The van der Waals surface area contributed by atoms with E-state index in [0.29, 0.717) is 17.9 Å². The van der Waals surface area contributed by atoms with E-state index in [1.54, 1.807) is 23.9 Å². The molecule has 174 valence electrons. The van der Waals surface area contributed by atoms with Gasteiger partial charge in [-0.3, -0.25) is 9.59 Å². The van der Waals surface area contributed by atoms with Crippen molar-refractivity contribution in [3.8, 4) is 11.5 Å². The van der Waals surface area contributed by atoms with Crippen molar-refractivity contribution in [1.82, 2.24) is 10.7 Å². The molecule has 1 aliphatic rings. The molecule has 34 heavy (non-hydrogen) atoms. The summed E-state index contributed by atoms with van der Waals surface area (Å²) in [4.78, 5) is 26.0. The lowest BCUT2D eigenvalue weighted by Crippen LogP contribution is -2.42. The number of hydrogen-bond donors (Lipinski definition) is 2. The van der Waals surface area contributed by atoms with E-state index in [9.17, 15) is 9.59 Å². The molecule has 4 rings (SSSR count). The second kappa shape index (κ2) is 10.2. The maximum Gasteiger partial charge on any atom is 0.304 e. The number of methoxy groups -OCH3 is 1. The van der Waals surface area contributed by atoms with Crippen LogP contribution in [0.4, 0.5) is 0 Å². The van der Waals surface area contributed by atoms with Crippen LogP contribution >= 0.6 is 0 Å². The molecular weight excluding hydrogens is 430 g/mol. The molecule has 0 unspecified atom stereocenters. The van der Waals surface area contributed by atoms with Gasteiger partial charge in [-0.1, -0.05) is 17.7 Å². The number of amides is 2. The Morgan fingerprint density at radius 2 is 1.76 bits per heavy atom. The first kappa shape index (κ1) is 23.0. The monoisotopic (exact) mass is 458 g/mol. The fourth-order valence-electron chi connectivity index (χ4n) is 3.97. The molecule has 2 atom stereocenters. The van der Waals surface area contributed by atoms with Crippen molar-refractivity contribution in [3.05, 3.63) is 95.1 Å². The molecule has 3 aromatic carbocycles. The number of rotatable bonds is 7. The van der Waals surface area contributed by atoms with Crippen LogP contribution in [-0.2, 0) is 4.79 Å². The van der Waals surface area contributed by atoms with Gasteiger partial charge in [-0.2, -0.15) is 0 Å². The van der Waals surface area contributed by atoms with Crippen molar-refractivity contribution in [2.45, 2.75) is 25.9 Å². The van der Waals surface area contributed by atoms with E-state index in [0.717, 1.165) is 22.4 Å². The minimum absolute atomic E-state index is 0.288. The predicted octanol–water partition coefficient (Wildman–Crippen LogP) is 3.42. The summed E-state index contributed by atoms with van der Waals surface area (Å²) in [6.45, 7) is 4.45. The second-order valence-electron chi connectivity index (χ2n) is 8.05. The van der Waals surface area contributed by atoms with Gasteiger partial charge in [0.1, 0.15) is 11.5 Å². The van der Waals surface area contributed by atoms with Gasteiger partial charge >= 0.3 is 5.91 Å². The van der Waals surface area contributed by atoms with Crippen LogP contribution in [0, 0.1) is 6.92 Å². The Hall–Kier alpha value is -4.13. The van der Waals surface area contributed by atoms with Gasteiger partial charge < -0.3 is 14.8 Å². The molecule has 0 aliphatic carbocycles. The van der Waals surface area contributed by atoms with Crippen molar-refractivity contribution in [2.24, 2.45) is 0 Å². The molecule has 0 saturated carbocycles. The van der Waals surface area contributed by atoms with E-state index >= 15 is 0 Å². The van der Waals surface area contributed by atoms with Crippen molar-refractivity contribution in [1.29, 1.82) is 0 Å². The molecular formula is C27H28N3O4+. The number of carbonyl (C=O) groups is 2. The predicted molar refractivity (Wildman–Crippen MR) is 129 cm³/mol. The van der Waals surface area contributed by atoms with E-state index in [1.165, 1.54) is 0 Å². The number of carbonyl (C=O) groups excluding carboxylic acids is 2. The topological polar surface area (TPSA) is 79.7 Å². The molecule has 1 heterocycles. The Balaban J connectivity index is 1.68. The average molecular weight is 459 g/mol. The maximum absolute atomic E-state index is 13.0. The smallest absolute Gasteiger partial charge is 0.304 e. The molecule has 0 spiro atoms. The molecule has 1 fully saturated rings. The van der Waals surface area contributed by atoms with Gasteiger partial charge in [0.05, 0.1) is 13.7 Å². The zero-order valence-corrected chi connectivity index (χ0v) is 19.4. The minimum atomic E-state index is -0.791. The largest absolute Gasteiger partial charge is 0.497 e. The summed E-state index contributed by atoms with van der Waals surface area (Å²) >= 11 is 0. The fraction of sp³-hybridized carbons (Fsp3) is 0.222. The van der Waals surface area contributed by atoms with Gasteiger partial charge in [0, 0.05) is 16.7 Å². The highest BCUT2D eigenvalue weighted by Crippen LogP contribution is 2.27.